The molecule has 0 aromatic heterocycles. The predicted molar refractivity (Wildman–Crippen MR) is 73.5 cm³/mol. The van der Waals surface area contributed by atoms with Gasteiger partial charge in [0.1, 0.15) is 0 Å². The van der Waals surface area contributed by atoms with Gasteiger partial charge in [-0.15, -0.1) is 12.4 Å². The molecule has 5 nitrogen and oxygen atoms in total. The normalized spacial score (nSPS) is 19.7. The molecule has 3 N–H and O–H groups in total. The molecule has 6 heteroatoms. The van der Waals surface area contributed by atoms with E-state index >= 15 is 0 Å². The first-order chi connectivity index (χ1) is 7.91. The molecule has 1 unspecified atom stereocenters. The molecule has 0 radical (unpaired) electrons. The molecule has 1 aliphatic rings. The monoisotopic (exact) mass is 277 g/mol. The van der Waals surface area contributed by atoms with Crippen LogP contribution in [0.4, 0.5) is 0 Å². The number of halogens is 1. The molecule has 0 bridgehead atoms. The molecule has 2 amide bonds. The maximum absolute atomic E-state index is 11.9. The molecule has 0 spiro atoms. The van der Waals surface area contributed by atoms with E-state index in [2.05, 4.69) is 5.32 Å². The Hall–Kier alpha value is -0.810. The molecule has 1 aliphatic heterocycles. The van der Waals surface area contributed by atoms with E-state index in [1.165, 1.54) is 0 Å². The van der Waals surface area contributed by atoms with Crippen LogP contribution in [0.15, 0.2) is 0 Å². The van der Waals surface area contributed by atoms with Crippen LogP contribution in [0.3, 0.4) is 0 Å². The number of rotatable bonds is 5. The summed E-state index contributed by atoms with van der Waals surface area (Å²) in [4.78, 5) is 24.8. The molecule has 1 heterocycles. The third-order valence-corrected chi connectivity index (χ3v) is 3.73. The lowest BCUT2D eigenvalue weighted by Crippen LogP contribution is -2.50. The Morgan fingerprint density at radius 2 is 2.06 bits per heavy atom. The Bertz CT molecular complexity index is 306. The quantitative estimate of drug-likeness (QED) is 0.769. The number of amides is 2. The Labute approximate surface area is 115 Å². The van der Waals surface area contributed by atoms with Crippen LogP contribution in [0, 0.1) is 5.92 Å². The molecule has 0 saturated carbocycles. The van der Waals surface area contributed by atoms with Crippen molar-refractivity contribution in [3.8, 4) is 0 Å². The fourth-order valence-electron chi connectivity index (χ4n) is 1.95. The van der Waals surface area contributed by atoms with E-state index in [1.54, 1.807) is 11.9 Å². The van der Waals surface area contributed by atoms with Gasteiger partial charge in [-0.3, -0.25) is 9.59 Å². The van der Waals surface area contributed by atoms with Crippen LogP contribution in [-0.2, 0) is 9.59 Å². The minimum atomic E-state index is -0.329. The summed E-state index contributed by atoms with van der Waals surface area (Å²) in [5.41, 5.74) is 5.78. The average molecular weight is 278 g/mol. The highest BCUT2D eigenvalue weighted by Crippen LogP contribution is 2.16. The standard InChI is InChI=1S/C12H23N3O2.ClH/c1-4-12(13,5-2)8-14-11(17)9-6-10(16)15(3)7-9;/h9H,4-8,13H2,1-3H3,(H,14,17);1H. The number of likely N-dealkylation sites (tertiary alicyclic amines) is 1. The second-order valence-electron chi connectivity index (χ2n) is 4.96. The summed E-state index contributed by atoms with van der Waals surface area (Å²) in [6, 6.07) is 0. The fourth-order valence-corrected chi connectivity index (χ4v) is 1.95. The van der Waals surface area contributed by atoms with Crippen LogP contribution in [-0.4, -0.2) is 42.4 Å². The second kappa shape index (κ2) is 6.95. The van der Waals surface area contributed by atoms with Gasteiger partial charge in [0, 0.05) is 32.1 Å². The number of nitrogens with two attached hydrogens (primary N) is 1. The third-order valence-electron chi connectivity index (χ3n) is 3.73. The van der Waals surface area contributed by atoms with Crippen LogP contribution >= 0.6 is 12.4 Å². The smallest absolute Gasteiger partial charge is 0.225 e. The Balaban J connectivity index is 0.00000289. The first-order valence-electron chi connectivity index (χ1n) is 6.22. The molecule has 0 aromatic rings. The van der Waals surface area contributed by atoms with Gasteiger partial charge in [0.25, 0.3) is 0 Å². The summed E-state index contributed by atoms with van der Waals surface area (Å²) in [5, 5.41) is 2.87. The van der Waals surface area contributed by atoms with Gasteiger partial charge in [0.15, 0.2) is 0 Å². The molecule has 1 rings (SSSR count). The largest absolute Gasteiger partial charge is 0.354 e. The highest BCUT2D eigenvalue weighted by atomic mass is 35.5. The van der Waals surface area contributed by atoms with E-state index < -0.39 is 0 Å². The summed E-state index contributed by atoms with van der Waals surface area (Å²) in [7, 11) is 1.72. The second-order valence-corrected chi connectivity index (χ2v) is 4.96. The van der Waals surface area contributed by atoms with E-state index in [-0.39, 0.29) is 35.7 Å². The minimum absolute atomic E-state index is 0. The van der Waals surface area contributed by atoms with Crippen LogP contribution < -0.4 is 11.1 Å². The lowest BCUT2D eigenvalue weighted by molar-refractivity contribution is -0.128. The van der Waals surface area contributed by atoms with Crippen LogP contribution in [0.25, 0.3) is 0 Å². The van der Waals surface area contributed by atoms with E-state index in [0.717, 1.165) is 12.8 Å². The zero-order valence-corrected chi connectivity index (χ0v) is 12.2. The van der Waals surface area contributed by atoms with Crippen molar-refractivity contribution >= 4 is 24.2 Å². The van der Waals surface area contributed by atoms with Crippen molar-refractivity contribution in [1.29, 1.82) is 0 Å². The first-order valence-corrected chi connectivity index (χ1v) is 6.22. The maximum atomic E-state index is 11.9. The van der Waals surface area contributed by atoms with Crippen molar-refractivity contribution in [2.75, 3.05) is 20.1 Å². The van der Waals surface area contributed by atoms with Crippen molar-refractivity contribution in [3.05, 3.63) is 0 Å². The first kappa shape index (κ1) is 17.2. The van der Waals surface area contributed by atoms with E-state index in [0.29, 0.717) is 19.5 Å². The Morgan fingerprint density at radius 1 is 1.50 bits per heavy atom. The molecule has 106 valence electrons. The molecule has 1 saturated heterocycles. The highest BCUT2D eigenvalue weighted by Gasteiger charge is 2.32. The Morgan fingerprint density at radius 3 is 2.44 bits per heavy atom. The van der Waals surface area contributed by atoms with E-state index in [9.17, 15) is 9.59 Å². The zero-order chi connectivity index (χ0) is 13.1. The highest BCUT2D eigenvalue weighted by molar-refractivity contribution is 5.89. The van der Waals surface area contributed by atoms with Crippen molar-refractivity contribution in [3.63, 3.8) is 0 Å². The lowest BCUT2D eigenvalue weighted by Gasteiger charge is -2.27. The van der Waals surface area contributed by atoms with Gasteiger partial charge in [-0.25, -0.2) is 0 Å². The van der Waals surface area contributed by atoms with Gasteiger partial charge < -0.3 is 16.0 Å². The Kier molecular flexibility index (Phi) is 6.63. The predicted octanol–water partition coefficient (Wildman–Crippen LogP) is 0.520. The summed E-state index contributed by atoms with van der Waals surface area (Å²) < 4.78 is 0. The summed E-state index contributed by atoms with van der Waals surface area (Å²) in [6.45, 7) is 5.03. The van der Waals surface area contributed by atoms with Gasteiger partial charge in [-0.2, -0.15) is 0 Å². The molecule has 0 aromatic carbocycles. The number of carbonyl (C=O) groups is 2. The van der Waals surface area contributed by atoms with Gasteiger partial charge >= 0.3 is 0 Å². The van der Waals surface area contributed by atoms with Gasteiger partial charge in [-0.1, -0.05) is 13.8 Å². The number of hydrogen-bond donors (Lipinski definition) is 2. The van der Waals surface area contributed by atoms with Crippen molar-refractivity contribution in [2.24, 2.45) is 11.7 Å². The van der Waals surface area contributed by atoms with E-state index in [4.69, 9.17) is 5.73 Å². The van der Waals surface area contributed by atoms with Crippen LogP contribution in [0.5, 0.6) is 0 Å². The van der Waals surface area contributed by atoms with Crippen molar-refractivity contribution in [1.82, 2.24) is 10.2 Å². The molecule has 1 atom stereocenters. The number of hydrogen-bond acceptors (Lipinski definition) is 3. The summed E-state index contributed by atoms with van der Waals surface area (Å²) >= 11 is 0. The molecule has 1 fully saturated rings. The van der Waals surface area contributed by atoms with Gasteiger partial charge in [0.05, 0.1) is 5.92 Å². The molecule has 18 heavy (non-hydrogen) atoms. The number of carbonyl (C=O) groups excluding carboxylic acids is 2. The van der Waals surface area contributed by atoms with Crippen molar-refractivity contribution < 1.29 is 9.59 Å². The van der Waals surface area contributed by atoms with Crippen molar-refractivity contribution in [2.45, 2.75) is 38.6 Å². The number of nitrogens with zero attached hydrogens (tertiary/aromatic N) is 1. The van der Waals surface area contributed by atoms with Crippen LogP contribution in [0.2, 0.25) is 0 Å². The molecular weight excluding hydrogens is 254 g/mol. The minimum Gasteiger partial charge on any atom is -0.354 e. The number of nitrogens with one attached hydrogen (secondary N) is 1. The van der Waals surface area contributed by atoms with Crippen LogP contribution in [0.1, 0.15) is 33.1 Å². The SMILES string of the molecule is CCC(N)(CC)CNC(=O)C1CC(=O)N(C)C1.Cl. The van der Waals surface area contributed by atoms with Gasteiger partial charge in [0.2, 0.25) is 11.8 Å². The molecule has 0 aliphatic carbocycles. The zero-order valence-electron chi connectivity index (χ0n) is 11.4. The average Bonchev–Trinajstić information content (AvgIpc) is 2.66. The summed E-state index contributed by atoms with van der Waals surface area (Å²) in [6.07, 6.45) is 1.97. The summed E-state index contributed by atoms with van der Waals surface area (Å²) in [5.74, 6) is -0.236. The van der Waals surface area contributed by atoms with E-state index in [1.807, 2.05) is 13.8 Å². The lowest BCUT2D eigenvalue weighted by atomic mass is 9.94. The third kappa shape index (κ3) is 4.14. The van der Waals surface area contributed by atoms with Gasteiger partial charge in [-0.05, 0) is 12.8 Å². The maximum Gasteiger partial charge on any atom is 0.225 e. The topological polar surface area (TPSA) is 75.4 Å². The molecular formula is C12H24ClN3O2. The fraction of sp³-hybridized carbons (Fsp3) is 0.833.